The summed E-state index contributed by atoms with van der Waals surface area (Å²) in [5.41, 5.74) is 19.4. The van der Waals surface area contributed by atoms with E-state index in [1.165, 1.54) is 72.3 Å². The fourth-order valence-corrected chi connectivity index (χ4v) is 11.7. The summed E-state index contributed by atoms with van der Waals surface area (Å²) in [4.78, 5) is 10.5. The Bertz CT molecular complexity index is 3290. The summed E-state index contributed by atoms with van der Waals surface area (Å²) >= 11 is 0. The molecule has 1 atom stereocenters. The molecule has 13 rings (SSSR count). The van der Waals surface area contributed by atoms with Crippen molar-refractivity contribution < 1.29 is 0 Å². The number of nitrogens with zero attached hydrogens (tertiary/aromatic N) is 2. The molecular weight excluding hydrogens is 763 g/mol. The Kier molecular flexibility index (Phi) is 7.57. The van der Waals surface area contributed by atoms with Crippen molar-refractivity contribution in [1.82, 2.24) is 5.32 Å². The predicted octanol–water partition coefficient (Wildman–Crippen LogP) is 13.1. The van der Waals surface area contributed by atoms with Crippen molar-refractivity contribution in [3.63, 3.8) is 0 Å². The van der Waals surface area contributed by atoms with Gasteiger partial charge in [0.25, 0.3) is 0 Å². The van der Waals surface area contributed by atoms with Gasteiger partial charge in [0.15, 0.2) is 11.5 Å². The Hall–Kier alpha value is -7.88. The van der Waals surface area contributed by atoms with E-state index < -0.39 is 16.5 Å². The van der Waals surface area contributed by atoms with Crippen LogP contribution in [0.3, 0.4) is 0 Å². The van der Waals surface area contributed by atoms with E-state index in [0.29, 0.717) is 5.84 Å². The van der Waals surface area contributed by atoms with Gasteiger partial charge in [-0.25, -0.2) is 9.98 Å². The Morgan fingerprint density at radius 3 is 1.30 bits per heavy atom. The van der Waals surface area contributed by atoms with Crippen LogP contribution >= 0.6 is 0 Å². The standard InChI is InChI=1S/C60H41N3/c1-58(42-21-6-3-7-22-42)62-56(40-19-4-2-5-20-40)61-57(63-58)41-37-35-39(36-38-41)43-27-18-34-54-55(43)60(50-30-14-10-25-46(50)47-26-11-15-31-51(47)60)53-33-17-16-32-52(53)59(54)48-28-12-8-23-44(48)45-24-9-13-29-49(45)59/h2-38H,1H3,(H,61,62,63). The molecule has 0 saturated carbocycles. The molecule has 0 radical (unpaired) electrons. The fourth-order valence-electron chi connectivity index (χ4n) is 11.7. The second kappa shape index (κ2) is 13.3. The van der Waals surface area contributed by atoms with E-state index in [2.05, 4.69) is 225 Å². The van der Waals surface area contributed by atoms with Crippen LogP contribution in [0.25, 0.3) is 33.4 Å². The van der Waals surface area contributed by atoms with Crippen LogP contribution in [0.5, 0.6) is 0 Å². The summed E-state index contributed by atoms with van der Waals surface area (Å²) in [6, 6.07) is 82.7. The minimum Gasteiger partial charge on any atom is -0.342 e. The normalized spacial score (nSPS) is 17.6. The molecule has 0 bridgehead atoms. The third-order valence-electron chi connectivity index (χ3n) is 14.2. The lowest BCUT2D eigenvalue weighted by molar-refractivity contribution is 0.455. The molecule has 1 heterocycles. The highest BCUT2D eigenvalue weighted by Gasteiger charge is 2.59. The molecule has 9 aromatic carbocycles. The molecule has 3 nitrogen and oxygen atoms in total. The van der Waals surface area contributed by atoms with Crippen LogP contribution < -0.4 is 5.32 Å². The van der Waals surface area contributed by atoms with E-state index in [1.54, 1.807) is 0 Å². The third-order valence-corrected chi connectivity index (χ3v) is 14.2. The zero-order chi connectivity index (χ0) is 41.8. The largest absolute Gasteiger partial charge is 0.342 e. The molecule has 0 saturated heterocycles. The number of rotatable bonds is 4. The minimum absolute atomic E-state index is 0.541. The van der Waals surface area contributed by atoms with Crippen molar-refractivity contribution in [2.45, 2.75) is 23.4 Å². The summed E-state index contributed by atoms with van der Waals surface area (Å²) in [5, 5.41) is 3.69. The van der Waals surface area contributed by atoms with E-state index in [0.717, 1.165) is 28.1 Å². The molecule has 1 aliphatic heterocycles. The first kappa shape index (κ1) is 35.8. The zero-order valence-electron chi connectivity index (χ0n) is 34.8. The number of hydrogen-bond donors (Lipinski definition) is 1. The van der Waals surface area contributed by atoms with E-state index in [9.17, 15) is 0 Å². The van der Waals surface area contributed by atoms with Crippen LogP contribution in [0.1, 0.15) is 68.1 Å². The molecule has 3 aliphatic carbocycles. The Balaban J connectivity index is 1.08. The van der Waals surface area contributed by atoms with Gasteiger partial charge in [-0.1, -0.05) is 224 Å². The van der Waals surface area contributed by atoms with Crippen LogP contribution in [0.2, 0.25) is 0 Å². The number of fused-ring (bicyclic) bond motifs is 16. The second-order valence-corrected chi connectivity index (χ2v) is 17.4. The molecule has 4 aliphatic rings. The first-order valence-corrected chi connectivity index (χ1v) is 21.9. The first-order valence-electron chi connectivity index (χ1n) is 21.9. The smallest absolute Gasteiger partial charge is 0.159 e. The molecule has 0 amide bonds. The van der Waals surface area contributed by atoms with Crippen molar-refractivity contribution in [1.29, 1.82) is 0 Å². The highest BCUT2D eigenvalue weighted by Crippen LogP contribution is 2.68. The average Bonchev–Trinajstić information content (AvgIpc) is 3.82. The molecule has 3 heteroatoms. The van der Waals surface area contributed by atoms with Gasteiger partial charge in [0.2, 0.25) is 0 Å². The number of amidine groups is 2. The van der Waals surface area contributed by atoms with Gasteiger partial charge in [-0.3, -0.25) is 0 Å². The molecule has 0 fully saturated rings. The zero-order valence-corrected chi connectivity index (χ0v) is 34.8. The Labute approximate surface area is 367 Å². The summed E-state index contributed by atoms with van der Waals surface area (Å²) in [7, 11) is 0. The maximum Gasteiger partial charge on any atom is 0.159 e. The summed E-state index contributed by atoms with van der Waals surface area (Å²) in [5.74, 6) is 1.50. The van der Waals surface area contributed by atoms with Gasteiger partial charge in [0.1, 0.15) is 5.84 Å². The Morgan fingerprint density at radius 1 is 0.333 bits per heavy atom. The first-order chi connectivity index (χ1) is 31.1. The minimum atomic E-state index is -0.716. The maximum atomic E-state index is 5.34. The fraction of sp³-hybridized carbons (Fsp3) is 0.0667. The van der Waals surface area contributed by atoms with Gasteiger partial charge in [0.05, 0.1) is 10.8 Å². The van der Waals surface area contributed by atoms with Crippen molar-refractivity contribution in [3.8, 4) is 33.4 Å². The molecule has 2 spiro atoms. The molecule has 1 unspecified atom stereocenters. The number of benzene rings is 9. The average molecular weight is 804 g/mol. The number of hydrogen-bond acceptors (Lipinski definition) is 3. The third kappa shape index (κ3) is 4.79. The topological polar surface area (TPSA) is 36.8 Å². The van der Waals surface area contributed by atoms with Crippen LogP contribution in [0.15, 0.2) is 234 Å². The maximum absolute atomic E-state index is 5.34. The predicted molar refractivity (Wildman–Crippen MR) is 256 cm³/mol. The van der Waals surface area contributed by atoms with Crippen LogP contribution in [0, 0.1) is 0 Å². The van der Waals surface area contributed by atoms with Gasteiger partial charge < -0.3 is 5.32 Å². The lowest BCUT2D eigenvalue weighted by atomic mass is 9.51. The van der Waals surface area contributed by atoms with E-state index in [1.807, 2.05) is 12.1 Å². The molecular formula is C60H41N3. The van der Waals surface area contributed by atoms with Gasteiger partial charge in [-0.2, -0.15) is 0 Å². The van der Waals surface area contributed by atoms with Gasteiger partial charge in [-0.15, -0.1) is 0 Å². The lowest BCUT2D eigenvalue weighted by Gasteiger charge is -2.49. The van der Waals surface area contributed by atoms with Gasteiger partial charge in [-0.05, 0) is 90.4 Å². The van der Waals surface area contributed by atoms with Crippen LogP contribution in [0.4, 0.5) is 0 Å². The summed E-state index contributed by atoms with van der Waals surface area (Å²) < 4.78 is 0. The SMILES string of the molecule is CC1(c2ccccc2)N=C(c2ccc(-c3cccc4c3C3(c5ccccc5-c5ccccc53)c3ccccc3C43c4ccccc4-c4ccccc43)cc2)N=C(c2ccccc2)N1. The van der Waals surface area contributed by atoms with Crippen molar-refractivity contribution in [2.75, 3.05) is 0 Å². The van der Waals surface area contributed by atoms with Crippen molar-refractivity contribution in [2.24, 2.45) is 9.98 Å². The monoisotopic (exact) mass is 803 g/mol. The molecule has 1 N–H and O–H groups in total. The van der Waals surface area contributed by atoms with Crippen molar-refractivity contribution in [3.05, 3.63) is 286 Å². The molecule has 9 aromatic rings. The van der Waals surface area contributed by atoms with Gasteiger partial charge >= 0.3 is 0 Å². The van der Waals surface area contributed by atoms with Crippen molar-refractivity contribution >= 4 is 11.7 Å². The van der Waals surface area contributed by atoms with E-state index in [4.69, 9.17) is 9.98 Å². The highest BCUT2D eigenvalue weighted by atomic mass is 15.2. The molecule has 0 aromatic heterocycles. The number of nitrogens with one attached hydrogen (secondary N) is 1. The van der Waals surface area contributed by atoms with E-state index >= 15 is 0 Å². The summed E-state index contributed by atoms with van der Waals surface area (Å²) in [6.45, 7) is 2.13. The van der Waals surface area contributed by atoms with E-state index in [-0.39, 0.29) is 0 Å². The number of aliphatic imine (C=N–C) groups is 2. The quantitative estimate of drug-likeness (QED) is 0.189. The van der Waals surface area contributed by atoms with Crippen LogP contribution in [-0.4, -0.2) is 11.7 Å². The molecule has 63 heavy (non-hydrogen) atoms. The lowest BCUT2D eigenvalue weighted by Crippen LogP contribution is -2.46. The Morgan fingerprint density at radius 2 is 0.746 bits per heavy atom. The highest BCUT2D eigenvalue weighted by molar-refractivity contribution is 6.13. The summed E-state index contributed by atoms with van der Waals surface area (Å²) in [6.07, 6.45) is 0. The second-order valence-electron chi connectivity index (χ2n) is 17.4. The van der Waals surface area contributed by atoms with Crippen LogP contribution in [-0.2, 0) is 16.5 Å². The van der Waals surface area contributed by atoms with Gasteiger partial charge in [0, 0.05) is 11.1 Å². The molecule has 296 valence electrons.